The molecule has 1 amide bonds. The molecule has 0 saturated carbocycles. The first-order chi connectivity index (χ1) is 12.2. The number of carbonyl (C=O) groups excluding carboxylic acids is 1. The number of nitrogens with zero attached hydrogens (tertiary/aromatic N) is 1. The van der Waals surface area contributed by atoms with Crippen molar-refractivity contribution in [1.29, 1.82) is 0 Å². The lowest BCUT2D eigenvalue weighted by Gasteiger charge is -2.14. The number of hydrogen-bond acceptors (Lipinski definition) is 3. The maximum Gasteiger partial charge on any atom is 0.226 e. The van der Waals surface area contributed by atoms with E-state index < -0.39 is 0 Å². The van der Waals surface area contributed by atoms with Gasteiger partial charge in [-0.15, -0.1) is 24.8 Å². The molecule has 1 atom stereocenters. The molecule has 2 aromatic rings. The number of amides is 1. The molecule has 0 aromatic heterocycles. The van der Waals surface area contributed by atoms with E-state index in [1.165, 1.54) is 31.5 Å². The number of carbonyl (C=O) groups is 1. The number of likely N-dealkylation sites (tertiary alicyclic amines) is 1. The van der Waals surface area contributed by atoms with Crippen molar-refractivity contribution < 1.29 is 4.79 Å². The summed E-state index contributed by atoms with van der Waals surface area (Å²) >= 11 is 0. The highest BCUT2D eigenvalue weighted by Crippen LogP contribution is 2.16. The highest BCUT2D eigenvalue weighted by Gasteiger charge is 2.12. The maximum atomic E-state index is 12.2. The van der Waals surface area contributed by atoms with Gasteiger partial charge in [0, 0.05) is 24.7 Å². The SMILES string of the molecule is Cl.Cl.NC(CC(=O)Nc1ccc(CCN2CCCC2)cc1)c1ccccc1. The van der Waals surface area contributed by atoms with Gasteiger partial charge in [-0.2, -0.15) is 0 Å². The number of nitrogens with one attached hydrogen (secondary N) is 1. The zero-order valence-corrected chi connectivity index (χ0v) is 17.1. The summed E-state index contributed by atoms with van der Waals surface area (Å²) < 4.78 is 0. The van der Waals surface area contributed by atoms with E-state index in [0.717, 1.165) is 24.2 Å². The fraction of sp³-hybridized carbons (Fsp3) is 0.381. The van der Waals surface area contributed by atoms with Crippen LogP contribution in [0.25, 0.3) is 0 Å². The summed E-state index contributed by atoms with van der Waals surface area (Å²) in [5.74, 6) is -0.0545. The minimum Gasteiger partial charge on any atom is -0.326 e. The lowest BCUT2D eigenvalue weighted by molar-refractivity contribution is -0.116. The third-order valence-corrected chi connectivity index (χ3v) is 4.79. The molecule has 1 saturated heterocycles. The third kappa shape index (κ3) is 7.51. The summed E-state index contributed by atoms with van der Waals surface area (Å²) in [5.41, 5.74) is 9.23. The molecule has 148 valence electrons. The lowest BCUT2D eigenvalue weighted by Crippen LogP contribution is -2.22. The van der Waals surface area contributed by atoms with E-state index in [2.05, 4.69) is 22.3 Å². The van der Waals surface area contributed by atoms with Crippen molar-refractivity contribution in [3.05, 3.63) is 65.7 Å². The van der Waals surface area contributed by atoms with Gasteiger partial charge in [0.1, 0.15) is 0 Å². The molecule has 1 aliphatic heterocycles. The van der Waals surface area contributed by atoms with Crippen LogP contribution in [-0.4, -0.2) is 30.4 Å². The first kappa shape index (κ1) is 23.4. The molecule has 0 radical (unpaired) electrons. The van der Waals surface area contributed by atoms with Crippen molar-refractivity contribution in [2.24, 2.45) is 5.73 Å². The second-order valence-corrected chi connectivity index (χ2v) is 6.77. The summed E-state index contributed by atoms with van der Waals surface area (Å²) in [4.78, 5) is 14.7. The van der Waals surface area contributed by atoms with E-state index in [1.807, 2.05) is 42.5 Å². The Kier molecular flexibility index (Phi) is 10.4. The summed E-state index contributed by atoms with van der Waals surface area (Å²) in [6, 6.07) is 17.6. The van der Waals surface area contributed by atoms with E-state index in [-0.39, 0.29) is 43.2 Å². The normalized spacial score (nSPS) is 14.7. The largest absolute Gasteiger partial charge is 0.326 e. The average molecular weight is 410 g/mol. The molecule has 0 spiro atoms. The first-order valence-corrected chi connectivity index (χ1v) is 9.12. The van der Waals surface area contributed by atoms with E-state index in [4.69, 9.17) is 5.73 Å². The van der Waals surface area contributed by atoms with Crippen LogP contribution in [0.1, 0.15) is 36.4 Å². The average Bonchev–Trinajstić information content (AvgIpc) is 3.15. The molecule has 1 heterocycles. The number of nitrogens with two attached hydrogens (primary N) is 1. The standard InChI is InChI=1S/C21H27N3O.2ClH/c22-20(18-6-2-1-3-7-18)16-21(25)23-19-10-8-17(9-11-19)12-15-24-13-4-5-14-24;;/h1-3,6-11,20H,4-5,12-16,22H2,(H,23,25);2*1H. The fourth-order valence-corrected chi connectivity index (χ4v) is 3.28. The molecule has 3 N–H and O–H groups in total. The molecule has 1 unspecified atom stereocenters. The second-order valence-electron chi connectivity index (χ2n) is 6.77. The second kappa shape index (κ2) is 12.0. The fourth-order valence-electron chi connectivity index (χ4n) is 3.28. The lowest BCUT2D eigenvalue weighted by atomic mass is 10.0. The van der Waals surface area contributed by atoms with Gasteiger partial charge in [0.25, 0.3) is 0 Å². The van der Waals surface area contributed by atoms with E-state index in [9.17, 15) is 4.79 Å². The number of rotatable bonds is 7. The molecular weight excluding hydrogens is 381 g/mol. The molecule has 0 aliphatic carbocycles. The maximum absolute atomic E-state index is 12.2. The number of halogens is 2. The predicted octanol–water partition coefficient (Wildman–Crippen LogP) is 4.20. The van der Waals surface area contributed by atoms with Gasteiger partial charge in [-0.3, -0.25) is 4.79 Å². The molecule has 0 bridgehead atoms. The van der Waals surface area contributed by atoms with Crippen LogP contribution in [0.3, 0.4) is 0 Å². The topological polar surface area (TPSA) is 58.4 Å². The van der Waals surface area contributed by atoms with E-state index >= 15 is 0 Å². The summed E-state index contributed by atoms with van der Waals surface area (Å²) in [7, 11) is 0. The summed E-state index contributed by atoms with van der Waals surface area (Å²) in [6.07, 6.45) is 4.00. The van der Waals surface area contributed by atoms with Crippen molar-refractivity contribution in [2.45, 2.75) is 31.7 Å². The van der Waals surface area contributed by atoms with Crippen molar-refractivity contribution in [1.82, 2.24) is 4.90 Å². The van der Waals surface area contributed by atoms with Gasteiger partial charge in [-0.25, -0.2) is 0 Å². The Balaban J connectivity index is 0.00000182. The number of anilines is 1. The minimum atomic E-state index is -0.277. The van der Waals surface area contributed by atoms with Crippen LogP contribution in [0.15, 0.2) is 54.6 Å². The van der Waals surface area contributed by atoms with Gasteiger partial charge in [0.05, 0.1) is 0 Å². The summed E-state index contributed by atoms with van der Waals surface area (Å²) in [5, 5.41) is 2.94. The smallest absolute Gasteiger partial charge is 0.226 e. The van der Waals surface area contributed by atoms with Gasteiger partial charge in [-0.1, -0.05) is 42.5 Å². The molecule has 2 aromatic carbocycles. The Morgan fingerprint density at radius 1 is 1.00 bits per heavy atom. The van der Waals surface area contributed by atoms with E-state index in [1.54, 1.807) is 0 Å². The Morgan fingerprint density at radius 2 is 1.63 bits per heavy atom. The monoisotopic (exact) mass is 409 g/mol. The summed E-state index contributed by atoms with van der Waals surface area (Å²) in [6.45, 7) is 3.59. The molecule has 6 heteroatoms. The van der Waals surface area contributed by atoms with Crippen LogP contribution in [-0.2, 0) is 11.2 Å². The third-order valence-electron chi connectivity index (χ3n) is 4.79. The zero-order chi connectivity index (χ0) is 17.5. The minimum absolute atomic E-state index is 0. The van der Waals surface area contributed by atoms with Gasteiger partial charge in [-0.05, 0) is 55.6 Å². The Morgan fingerprint density at radius 3 is 2.26 bits per heavy atom. The Hall–Kier alpha value is -1.59. The highest BCUT2D eigenvalue weighted by atomic mass is 35.5. The Labute approximate surface area is 174 Å². The van der Waals surface area contributed by atoms with Crippen LogP contribution in [0.5, 0.6) is 0 Å². The van der Waals surface area contributed by atoms with E-state index in [0.29, 0.717) is 0 Å². The number of hydrogen-bond donors (Lipinski definition) is 2. The molecule has 4 nitrogen and oxygen atoms in total. The molecular formula is C21H29Cl2N3O. The van der Waals surface area contributed by atoms with Gasteiger partial charge >= 0.3 is 0 Å². The van der Waals surface area contributed by atoms with Gasteiger partial charge in [0.2, 0.25) is 5.91 Å². The van der Waals surface area contributed by atoms with Crippen molar-refractivity contribution in [3.8, 4) is 0 Å². The highest BCUT2D eigenvalue weighted by molar-refractivity contribution is 5.91. The first-order valence-electron chi connectivity index (χ1n) is 9.12. The van der Waals surface area contributed by atoms with Crippen molar-refractivity contribution in [2.75, 3.05) is 25.0 Å². The molecule has 27 heavy (non-hydrogen) atoms. The van der Waals surface area contributed by atoms with Crippen LogP contribution in [0.4, 0.5) is 5.69 Å². The van der Waals surface area contributed by atoms with Crippen LogP contribution in [0, 0.1) is 0 Å². The zero-order valence-electron chi connectivity index (χ0n) is 15.5. The van der Waals surface area contributed by atoms with Gasteiger partial charge < -0.3 is 16.0 Å². The van der Waals surface area contributed by atoms with Crippen LogP contribution >= 0.6 is 24.8 Å². The molecule has 1 fully saturated rings. The van der Waals surface area contributed by atoms with Crippen LogP contribution in [0.2, 0.25) is 0 Å². The predicted molar refractivity (Wildman–Crippen MR) is 117 cm³/mol. The van der Waals surface area contributed by atoms with Gasteiger partial charge in [0.15, 0.2) is 0 Å². The molecule has 3 rings (SSSR count). The van der Waals surface area contributed by atoms with Crippen molar-refractivity contribution >= 4 is 36.4 Å². The van der Waals surface area contributed by atoms with Crippen LogP contribution < -0.4 is 11.1 Å². The van der Waals surface area contributed by atoms with Crippen molar-refractivity contribution in [3.63, 3.8) is 0 Å². The quantitative estimate of drug-likeness (QED) is 0.720. The molecule has 1 aliphatic rings. The Bertz CT molecular complexity index is 674. The number of benzene rings is 2.